The number of hydrogen-bond acceptors (Lipinski definition) is 2. The minimum atomic E-state index is -0.0269. The van der Waals surface area contributed by atoms with E-state index < -0.39 is 0 Å². The van der Waals surface area contributed by atoms with Crippen molar-refractivity contribution < 1.29 is 4.79 Å². The Morgan fingerprint density at radius 3 is 2.65 bits per heavy atom. The summed E-state index contributed by atoms with van der Waals surface area (Å²) in [6.07, 6.45) is 4.18. The van der Waals surface area contributed by atoms with Crippen LogP contribution in [0.4, 0.5) is 0 Å². The first-order chi connectivity index (χ1) is 7.96. The molecule has 0 aromatic rings. The fraction of sp³-hybridized carbons (Fsp3) is 0.857. The molecule has 17 heavy (non-hydrogen) atoms. The Labute approximate surface area is 104 Å². The molecule has 1 amide bonds. The van der Waals surface area contributed by atoms with Crippen molar-refractivity contribution in [1.29, 1.82) is 5.26 Å². The first-order valence-electron chi connectivity index (χ1n) is 6.64. The van der Waals surface area contributed by atoms with E-state index in [9.17, 15) is 10.1 Å². The molecule has 1 N–H and O–H groups in total. The molecule has 3 heteroatoms. The zero-order valence-corrected chi connectivity index (χ0v) is 11.0. The van der Waals surface area contributed by atoms with Crippen molar-refractivity contribution in [3.05, 3.63) is 0 Å². The Bertz CT molecular complexity index is 356. The molecule has 2 fully saturated rings. The van der Waals surface area contributed by atoms with Gasteiger partial charge < -0.3 is 5.32 Å². The summed E-state index contributed by atoms with van der Waals surface area (Å²) in [7, 11) is 0. The molecule has 0 heterocycles. The molecule has 0 aromatic carbocycles. The highest BCUT2D eigenvalue weighted by Gasteiger charge is 2.49. The van der Waals surface area contributed by atoms with Crippen molar-refractivity contribution in [3.63, 3.8) is 0 Å². The maximum atomic E-state index is 11.4. The second-order valence-corrected chi connectivity index (χ2v) is 6.31. The Hall–Kier alpha value is -1.04. The number of fused-ring (bicyclic) bond motifs is 2. The second kappa shape index (κ2) is 4.33. The van der Waals surface area contributed by atoms with Gasteiger partial charge >= 0.3 is 0 Å². The highest BCUT2D eigenvalue weighted by atomic mass is 16.1. The van der Waals surface area contributed by atoms with Crippen LogP contribution in [0.5, 0.6) is 0 Å². The van der Waals surface area contributed by atoms with Gasteiger partial charge in [-0.2, -0.15) is 5.26 Å². The van der Waals surface area contributed by atoms with Crippen LogP contribution in [0.15, 0.2) is 0 Å². The molecule has 0 aliphatic heterocycles. The van der Waals surface area contributed by atoms with Crippen LogP contribution in [-0.4, -0.2) is 11.4 Å². The summed E-state index contributed by atoms with van der Waals surface area (Å²) in [5.41, 5.74) is -0.0269. The number of nitrogens with zero attached hydrogens (tertiary/aromatic N) is 1. The minimum absolute atomic E-state index is 0.0269. The molecule has 2 bridgehead atoms. The van der Waals surface area contributed by atoms with Crippen molar-refractivity contribution >= 4 is 5.91 Å². The highest BCUT2D eigenvalue weighted by Crippen LogP contribution is 2.49. The molecule has 2 aliphatic carbocycles. The van der Waals surface area contributed by atoms with Crippen molar-refractivity contribution in [2.75, 3.05) is 0 Å². The van der Waals surface area contributed by atoms with E-state index in [0.29, 0.717) is 17.8 Å². The number of hydrogen-bond donors (Lipinski definition) is 1. The van der Waals surface area contributed by atoms with Crippen LogP contribution in [0, 0.1) is 35.0 Å². The lowest BCUT2D eigenvalue weighted by Gasteiger charge is -2.52. The summed E-state index contributed by atoms with van der Waals surface area (Å²) in [6.45, 7) is 6.00. The molecule has 2 saturated carbocycles. The van der Waals surface area contributed by atoms with Gasteiger partial charge in [0, 0.05) is 12.5 Å². The van der Waals surface area contributed by atoms with Crippen LogP contribution >= 0.6 is 0 Å². The monoisotopic (exact) mass is 234 g/mol. The molecule has 0 saturated heterocycles. The average molecular weight is 234 g/mol. The van der Waals surface area contributed by atoms with Crippen LogP contribution in [0.25, 0.3) is 0 Å². The summed E-state index contributed by atoms with van der Waals surface area (Å²) < 4.78 is 0. The fourth-order valence-electron chi connectivity index (χ4n) is 4.34. The first-order valence-corrected chi connectivity index (χ1v) is 6.64. The van der Waals surface area contributed by atoms with Crippen LogP contribution in [0.3, 0.4) is 0 Å². The Balaban J connectivity index is 2.23. The fourth-order valence-corrected chi connectivity index (χ4v) is 4.34. The molecule has 2 rings (SSSR count). The van der Waals surface area contributed by atoms with E-state index >= 15 is 0 Å². The molecule has 5 atom stereocenters. The third-order valence-electron chi connectivity index (χ3n) is 4.52. The summed E-state index contributed by atoms with van der Waals surface area (Å²) in [5, 5.41) is 12.5. The maximum Gasteiger partial charge on any atom is 0.217 e. The minimum Gasteiger partial charge on any atom is -0.351 e. The quantitative estimate of drug-likeness (QED) is 0.757. The van der Waals surface area contributed by atoms with Gasteiger partial charge in [-0.3, -0.25) is 4.79 Å². The predicted molar refractivity (Wildman–Crippen MR) is 65.9 cm³/mol. The van der Waals surface area contributed by atoms with E-state index in [2.05, 4.69) is 25.2 Å². The molecule has 94 valence electrons. The summed E-state index contributed by atoms with van der Waals surface area (Å²) in [4.78, 5) is 11.4. The topological polar surface area (TPSA) is 52.9 Å². The molecule has 5 unspecified atom stereocenters. The standard InChI is InChI=1S/C14H22N2O/c1-9-4-12-7-14(5-9,16-11(3)17)6-10(2)13(12)8-15/h9-10,12-13H,4-7H2,1-3H3,(H,16,17). The van der Waals surface area contributed by atoms with Crippen LogP contribution in [0.1, 0.15) is 46.5 Å². The number of carbonyl (C=O) groups excluding carboxylic acids is 1. The van der Waals surface area contributed by atoms with Gasteiger partial charge in [-0.15, -0.1) is 0 Å². The molecule has 0 spiro atoms. The van der Waals surface area contributed by atoms with Gasteiger partial charge in [-0.1, -0.05) is 13.8 Å². The Morgan fingerprint density at radius 2 is 2.06 bits per heavy atom. The molecular weight excluding hydrogens is 212 g/mol. The second-order valence-electron chi connectivity index (χ2n) is 6.31. The lowest BCUT2D eigenvalue weighted by molar-refractivity contribution is -0.123. The smallest absolute Gasteiger partial charge is 0.217 e. The third-order valence-corrected chi connectivity index (χ3v) is 4.52. The lowest BCUT2D eigenvalue weighted by Crippen LogP contribution is -2.57. The third kappa shape index (κ3) is 2.31. The molecule has 3 nitrogen and oxygen atoms in total. The van der Waals surface area contributed by atoms with Gasteiger partial charge in [0.25, 0.3) is 0 Å². The van der Waals surface area contributed by atoms with E-state index in [1.807, 2.05) is 0 Å². The number of carbonyl (C=O) groups is 1. The van der Waals surface area contributed by atoms with E-state index in [4.69, 9.17) is 0 Å². The lowest BCUT2D eigenvalue weighted by atomic mass is 9.57. The predicted octanol–water partition coefficient (Wildman–Crippen LogP) is 2.48. The van der Waals surface area contributed by atoms with Crippen molar-refractivity contribution in [2.45, 2.75) is 52.0 Å². The molecule has 0 radical (unpaired) electrons. The largest absolute Gasteiger partial charge is 0.351 e. The summed E-state index contributed by atoms with van der Waals surface area (Å²) in [6, 6.07) is 2.49. The molecule has 2 aliphatic rings. The normalized spacial score (nSPS) is 44.8. The zero-order chi connectivity index (χ0) is 12.6. The van der Waals surface area contributed by atoms with E-state index in [1.165, 1.54) is 0 Å². The van der Waals surface area contributed by atoms with Gasteiger partial charge in [0.05, 0.1) is 12.0 Å². The van der Waals surface area contributed by atoms with Crippen molar-refractivity contribution in [2.24, 2.45) is 23.7 Å². The van der Waals surface area contributed by atoms with E-state index in [-0.39, 0.29) is 17.4 Å². The average Bonchev–Trinajstić information content (AvgIpc) is 2.13. The molecular formula is C14H22N2O. The van der Waals surface area contributed by atoms with Gasteiger partial charge in [0.1, 0.15) is 0 Å². The highest BCUT2D eigenvalue weighted by molar-refractivity contribution is 5.73. The van der Waals surface area contributed by atoms with Crippen molar-refractivity contribution in [3.8, 4) is 6.07 Å². The maximum absolute atomic E-state index is 11.4. The molecule has 0 aromatic heterocycles. The number of rotatable bonds is 1. The van der Waals surface area contributed by atoms with Crippen LogP contribution in [-0.2, 0) is 4.79 Å². The van der Waals surface area contributed by atoms with E-state index in [0.717, 1.165) is 25.7 Å². The SMILES string of the molecule is CC(=O)NC12CC(C)CC(C1)C(C#N)C(C)C2. The summed E-state index contributed by atoms with van der Waals surface area (Å²) >= 11 is 0. The number of amides is 1. The van der Waals surface area contributed by atoms with Gasteiger partial charge in [-0.05, 0) is 43.4 Å². The van der Waals surface area contributed by atoms with Crippen molar-refractivity contribution in [1.82, 2.24) is 5.32 Å². The zero-order valence-electron chi connectivity index (χ0n) is 11.0. The van der Waals surface area contributed by atoms with Gasteiger partial charge in [0.15, 0.2) is 0 Å². The number of nitrogens with one attached hydrogen (secondary N) is 1. The van der Waals surface area contributed by atoms with Crippen LogP contribution in [0.2, 0.25) is 0 Å². The summed E-state index contributed by atoms with van der Waals surface area (Å²) in [5.74, 6) is 1.74. The Kier molecular flexibility index (Phi) is 3.16. The van der Waals surface area contributed by atoms with E-state index in [1.54, 1.807) is 6.92 Å². The first kappa shape index (κ1) is 12.4. The van der Waals surface area contributed by atoms with Crippen LogP contribution < -0.4 is 5.32 Å². The van der Waals surface area contributed by atoms with Gasteiger partial charge in [0.2, 0.25) is 5.91 Å². The Morgan fingerprint density at radius 1 is 1.35 bits per heavy atom. The number of nitriles is 1. The van der Waals surface area contributed by atoms with Gasteiger partial charge in [-0.25, -0.2) is 0 Å².